The topological polar surface area (TPSA) is 95.0 Å². The summed E-state index contributed by atoms with van der Waals surface area (Å²) in [5.74, 6) is 0. The summed E-state index contributed by atoms with van der Waals surface area (Å²) in [6, 6.07) is 21.1. The normalized spacial score (nSPS) is 9.46. The number of benzene rings is 2. The molecule has 0 fully saturated rings. The van der Waals surface area contributed by atoms with Crippen molar-refractivity contribution in [3.8, 4) is 23.4 Å². The first-order valence-corrected chi connectivity index (χ1v) is 11.6. The Morgan fingerprint density at radius 2 is 1.07 bits per heavy atom. The maximum Gasteiger partial charge on any atom is 0.177 e. The Bertz CT molecular complexity index is 2050. The van der Waals surface area contributed by atoms with Crippen LogP contribution in [0.2, 0.25) is 0 Å². The molecule has 1 aliphatic rings. The highest BCUT2D eigenvalue weighted by Crippen LogP contribution is 2.35. The van der Waals surface area contributed by atoms with Gasteiger partial charge in [-0.1, -0.05) is 71.2 Å². The van der Waals surface area contributed by atoms with Crippen LogP contribution in [-0.2, 0) is 11.4 Å². The molecule has 6 nitrogen and oxygen atoms in total. The summed E-state index contributed by atoms with van der Waals surface area (Å²) in [5.41, 5.74) is 36.0. The predicted octanol–water partition coefficient (Wildman–Crippen LogP) is 5.99. The van der Waals surface area contributed by atoms with Crippen LogP contribution in [0.15, 0.2) is 147 Å². The van der Waals surface area contributed by atoms with Crippen LogP contribution in [-0.4, -0.2) is 15.7 Å². The minimum Gasteiger partial charge on any atom is -0.390 e. The lowest BCUT2D eigenvalue weighted by Crippen LogP contribution is -2.06. The molecule has 41 heavy (non-hydrogen) atoms. The molecule has 0 saturated heterocycles. The van der Waals surface area contributed by atoms with Gasteiger partial charge >= 0.3 is 0 Å². The van der Waals surface area contributed by atoms with Crippen LogP contribution in [0.25, 0.3) is 11.3 Å². The molecule has 0 bridgehead atoms. The maximum atomic E-state index is 9.23. The number of hydrogen-bond acceptors (Lipinski definition) is 6. The third-order valence-electron chi connectivity index (χ3n) is 4.80. The van der Waals surface area contributed by atoms with Crippen molar-refractivity contribution < 1.29 is 4.84 Å². The fourth-order valence-electron chi connectivity index (χ4n) is 3.18. The fraction of sp³-hybridized carbons (Fsp3) is 0.0286. The Labute approximate surface area is 236 Å². The molecule has 186 valence electrons. The van der Waals surface area contributed by atoms with E-state index in [4.69, 9.17) is 4.84 Å². The molecule has 1 aliphatic carbocycles. The highest BCUT2D eigenvalue weighted by atomic mass is 16.6. The number of oxime groups is 1. The average molecular weight is 522 g/mol. The van der Waals surface area contributed by atoms with E-state index in [-0.39, 0.29) is 11.4 Å². The Morgan fingerprint density at radius 3 is 1.59 bits per heavy atom. The van der Waals surface area contributed by atoms with Crippen molar-refractivity contribution in [2.24, 2.45) is 5.16 Å². The molecule has 1 heterocycles. The minimum absolute atomic E-state index is 0.00695. The third kappa shape index (κ3) is 8.17. The second kappa shape index (κ2) is 15.9. The first-order chi connectivity index (χ1) is 20.2. The summed E-state index contributed by atoms with van der Waals surface area (Å²) < 4.78 is 0. The Kier molecular flexibility index (Phi) is 11.0. The zero-order chi connectivity index (χ0) is 29.1. The molecule has 1 aromatic heterocycles. The molecular formula is C35H15N5O. The quantitative estimate of drug-likeness (QED) is 0.244. The zero-order valence-corrected chi connectivity index (χ0v) is 21.5. The van der Waals surface area contributed by atoms with Crippen molar-refractivity contribution in [3.63, 3.8) is 0 Å². The SMILES string of the molecule is C=C=C=C=C=C=C=C=C=C=C=C=C=C=C.N#Cc1nc2c(nc1C#N)-c1ccccc1/C2=N\OCc1ccccc1. The van der Waals surface area contributed by atoms with E-state index < -0.39 is 0 Å². The molecular weight excluding hydrogens is 506 g/mol. The van der Waals surface area contributed by atoms with Crippen molar-refractivity contribution in [2.75, 3.05) is 0 Å². The van der Waals surface area contributed by atoms with Crippen LogP contribution < -0.4 is 0 Å². The highest BCUT2D eigenvalue weighted by molar-refractivity contribution is 6.22. The molecule has 0 saturated carbocycles. The van der Waals surface area contributed by atoms with Crippen LogP contribution >= 0.6 is 0 Å². The largest absolute Gasteiger partial charge is 0.390 e. The van der Waals surface area contributed by atoms with E-state index in [1.54, 1.807) is 0 Å². The number of rotatable bonds is 3. The van der Waals surface area contributed by atoms with Crippen LogP contribution in [0.4, 0.5) is 0 Å². The molecule has 3 aromatic rings. The van der Waals surface area contributed by atoms with Gasteiger partial charge in [-0.25, -0.2) is 9.97 Å². The third-order valence-corrected chi connectivity index (χ3v) is 4.80. The molecule has 0 N–H and O–H groups in total. The molecule has 2 aromatic carbocycles. The number of nitriles is 2. The van der Waals surface area contributed by atoms with Crippen molar-refractivity contribution in [2.45, 2.75) is 6.61 Å². The van der Waals surface area contributed by atoms with Gasteiger partial charge in [0.2, 0.25) is 0 Å². The van der Waals surface area contributed by atoms with Gasteiger partial charge in [-0.05, 0) is 81.8 Å². The van der Waals surface area contributed by atoms with Gasteiger partial charge in [0.1, 0.15) is 35.8 Å². The summed E-state index contributed by atoms with van der Waals surface area (Å²) in [6.45, 7) is 6.89. The van der Waals surface area contributed by atoms with Crippen molar-refractivity contribution in [1.82, 2.24) is 9.97 Å². The van der Waals surface area contributed by atoms with Crippen LogP contribution in [0, 0.1) is 22.7 Å². The van der Waals surface area contributed by atoms with E-state index in [2.05, 4.69) is 103 Å². The van der Waals surface area contributed by atoms with Crippen LogP contribution in [0.5, 0.6) is 0 Å². The number of nitrogens with zero attached hydrogens (tertiary/aromatic N) is 5. The van der Waals surface area contributed by atoms with Crippen LogP contribution in [0.1, 0.15) is 28.2 Å². The second-order valence-electron chi connectivity index (χ2n) is 7.31. The molecule has 0 amide bonds. The van der Waals surface area contributed by atoms with Gasteiger partial charge in [-0.15, -0.1) is 0 Å². The van der Waals surface area contributed by atoms with Gasteiger partial charge in [0.15, 0.2) is 11.4 Å². The smallest absolute Gasteiger partial charge is 0.177 e. The molecule has 0 spiro atoms. The summed E-state index contributed by atoms with van der Waals surface area (Å²) in [6.07, 6.45) is 0. The van der Waals surface area contributed by atoms with E-state index in [1.165, 1.54) is 0 Å². The van der Waals surface area contributed by atoms with Gasteiger partial charge in [0.25, 0.3) is 0 Å². The van der Waals surface area contributed by atoms with Gasteiger partial charge in [0.05, 0.1) is 0 Å². The molecule has 4 rings (SSSR count). The minimum atomic E-state index is -0.0187. The molecule has 6 heteroatoms. The maximum absolute atomic E-state index is 9.23. The van der Waals surface area contributed by atoms with Gasteiger partial charge < -0.3 is 4.84 Å². The Balaban J connectivity index is 0.000000266. The molecule has 0 radical (unpaired) electrons. The van der Waals surface area contributed by atoms with E-state index in [0.29, 0.717) is 23.7 Å². The lowest BCUT2D eigenvalue weighted by Gasteiger charge is -2.03. The van der Waals surface area contributed by atoms with Gasteiger partial charge in [-0.2, -0.15) is 10.5 Å². The monoisotopic (exact) mass is 521 g/mol. The second-order valence-corrected chi connectivity index (χ2v) is 7.31. The first kappa shape index (κ1) is 28.4. The molecule has 0 aliphatic heterocycles. The molecule has 0 unspecified atom stereocenters. The lowest BCUT2D eigenvalue weighted by atomic mass is 10.1. The van der Waals surface area contributed by atoms with Crippen molar-refractivity contribution >= 4 is 5.71 Å². The highest BCUT2D eigenvalue weighted by Gasteiger charge is 2.30. The van der Waals surface area contributed by atoms with Crippen molar-refractivity contribution in [1.29, 1.82) is 10.5 Å². The predicted molar refractivity (Wildman–Crippen MR) is 151 cm³/mol. The summed E-state index contributed by atoms with van der Waals surface area (Å²) in [4.78, 5) is 14.1. The summed E-state index contributed by atoms with van der Waals surface area (Å²) in [7, 11) is 0. The summed E-state index contributed by atoms with van der Waals surface area (Å²) in [5, 5.41) is 22.7. The number of aromatic nitrogens is 2. The number of hydrogen-bond donors (Lipinski definition) is 0. The van der Waals surface area contributed by atoms with E-state index in [9.17, 15) is 10.5 Å². The van der Waals surface area contributed by atoms with Crippen LogP contribution in [0.3, 0.4) is 0 Å². The standard InChI is InChI=1S/C20H11N5O.C15H4/c21-10-16-17(11-22)24-20-18(23-16)14-8-4-5-9-15(14)19(20)25-26-12-13-6-2-1-3-7-13;1-3-5-7-9-11-13-15-14-12-10-8-6-4-2/h1-9H,12H2;1-2H2/b25-19+;. The first-order valence-electron chi connectivity index (χ1n) is 11.6. The van der Waals surface area contributed by atoms with E-state index in [0.717, 1.165) is 16.7 Å². The average Bonchev–Trinajstić information content (AvgIpc) is 3.32. The van der Waals surface area contributed by atoms with Gasteiger partial charge in [0, 0.05) is 11.1 Å². The van der Waals surface area contributed by atoms with E-state index in [1.807, 2.05) is 66.7 Å². The molecule has 0 atom stereocenters. The Morgan fingerprint density at radius 1 is 0.610 bits per heavy atom. The lowest BCUT2D eigenvalue weighted by molar-refractivity contribution is 0.131. The van der Waals surface area contributed by atoms with E-state index >= 15 is 0 Å². The fourth-order valence-corrected chi connectivity index (χ4v) is 3.18. The van der Waals surface area contributed by atoms with Gasteiger partial charge in [-0.3, -0.25) is 0 Å². The zero-order valence-electron chi connectivity index (χ0n) is 21.5. The summed E-state index contributed by atoms with van der Waals surface area (Å²) >= 11 is 0. The van der Waals surface area contributed by atoms with Crippen molar-refractivity contribution in [3.05, 3.63) is 170 Å². The number of fused-ring (bicyclic) bond motifs is 3. The Hall–Kier alpha value is -7.15.